The molecule has 1 unspecified atom stereocenters. The minimum Gasteiger partial charge on any atom is -0.468 e. The van der Waals surface area contributed by atoms with Gasteiger partial charge in [0.1, 0.15) is 6.04 Å². The van der Waals surface area contributed by atoms with E-state index in [-0.39, 0.29) is 0 Å². The van der Waals surface area contributed by atoms with Crippen molar-refractivity contribution < 1.29 is 9.53 Å². The molecule has 1 aromatic carbocycles. The van der Waals surface area contributed by atoms with E-state index >= 15 is 0 Å². The molecule has 0 fully saturated rings. The average molecular weight is 245 g/mol. The first-order valence-electron chi connectivity index (χ1n) is 5.60. The summed E-state index contributed by atoms with van der Waals surface area (Å²) in [6.45, 7) is 4.02. The van der Waals surface area contributed by atoms with Crippen molar-refractivity contribution in [2.45, 2.75) is 19.9 Å². The molecule has 5 heteroatoms. The number of benzene rings is 1. The average Bonchev–Trinajstić information content (AvgIpc) is 2.37. The molecule has 0 aliphatic rings. The molecule has 0 radical (unpaired) electrons. The number of ether oxygens (including phenoxy) is 1. The molecule has 2 N–H and O–H groups in total. The highest BCUT2D eigenvalue weighted by atomic mass is 16.5. The van der Waals surface area contributed by atoms with Crippen molar-refractivity contribution in [3.05, 3.63) is 35.2 Å². The van der Waals surface area contributed by atoms with Crippen LogP contribution in [0.5, 0.6) is 0 Å². The predicted molar refractivity (Wildman–Crippen MR) is 68.0 cm³/mol. The Balaban J connectivity index is 2.50. The van der Waals surface area contributed by atoms with Gasteiger partial charge in [-0.25, -0.2) is 9.78 Å². The maximum Gasteiger partial charge on any atom is 0.328 e. The molecular weight excluding hydrogens is 230 g/mol. The van der Waals surface area contributed by atoms with Crippen LogP contribution in [-0.4, -0.2) is 23.0 Å². The zero-order valence-corrected chi connectivity index (χ0v) is 10.6. The van der Waals surface area contributed by atoms with E-state index < -0.39 is 12.0 Å². The van der Waals surface area contributed by atoms with E-state index in [9.17, 15) is 4.79 Å². The number of aryl methyl sites for hydroxylation is 2. The largest absolute Gasteiger partial charge is 0.468 e. The van der Waals surface area contributed by atoms with E-state index in [1.54, 1.807) is 0 Å². The summed E-state index contributed by atoms with van der Waals surface area (Å²) < 4.78 is 4.59. The number of aromatic nitrogens is 2. The molecule has 0 saturated carbocycles. The zero-order chi connectivity index (χ0) is 13.3. The zero-order valence-electron chi connectivity index (χ0n) is 10.6. The summed E-state index contributed by atoms with van der Waals surface area (Å²) in [6, 6.07) is 3.00. The van der Waals surface area contributed by atoms with Gasteiger partial charge in [0.15, 0.2) is 0 Å². The van der Waals surface area contributed by atoms with E-state index in [1.165, 1.54) is 13.3 Å². The molecule has 0 spiro atoms. The van der Waals surface area contributed by atoms with Gasteiger partial charge in [0.05, 0.1) is 30.0 Å². The second-order valence-corrected chi connectivity index (χ2v) is 4.22. The van der Waals surface area contributed by atoms with E-state index in [1.807, 2.05) is 26.0 Å². The lowest BCUT2D eigenvalue weighted by Gasteiger charge is -2.09. The molecule has 1 atom stereocenters. The first-order valence-corrected chi connectivity index (χ1v) is 5.60. The molecule has 1 aromatic heterocycles. The number of nitrogens with zero attached hydrogens (tertiary/aromatic N) is 2. The normalized spacial score (nSPS) is 12.4. The number of carbonyl (C=O) groups excluding carboxylic acids is 1. The van der Waals surface area contributed by atoms with Gasteiger partial charge in [-0.2, -0.15) is 0 Å². The van der Waals surface area contributed by atoms with Crippen LogP contribution in [-0.2, 0) is 9.53 Å². The van der Waals surface area contributed by atoms with E-state index in [2.05, 4.69) is 14.7 Å². The number of rotatable bonds is 2. The summed E-state index contributed by atoms with van der Waals surface area (Å²) in [7, 11) is 1.30. The number of hydrogen-bond donors (Lipinski definition) is 1. The maximum atomic E-state index is 11.4. The van der Waals surface area contributed by atoms with Crippen LogP contribution in [0, 0.1) is 13.8 Å². The van der Waals surface area contributed by atoms with Crippen molar-refractivity contribution in [1.82, 2.24) is 9.97 Å². The van der Waals surface area contributed by atoms with Crippen molar-refractivity contribution in [2.24, 2.45) is 5.73 Å². The molecule has 1 heterocycles. The SMILES string of the molecule is COC(=O)C(N)c1cnc2cc(C)c(C)cc2n1. The Morgan fingerprint density at radius 3 is 2.50 bits per heavy atom. The number of fused-ring (bicyclic) bond motifs is 1. The quantitative estimate of drug-likeness (QED) is 0.809. The first-order chi connectivity index (χ1) is 8.52. The molecule has 18 heavy (non-hydrogen) atoms. The summed E-state index contributed by atoms with van der Waals surface area (Å²) in [5, 5.41) is 0. The van der Waals surface area contributed by atoms with Crippen molar-refractivity contribution in [1.29, 1.82) is 0 Å². The Bertz CT molecular complexity index is 610. The number of nitrogens with two attached hydrogens (primary N) is 1. The van der Waals surface area contributed by atoms with Crippen LogP contribution < -0.4 is 5.73 Å². The number of carbonyl (C=O) groups is 1. The molecule has 0 aliphatic heterocycles. The summed E-state index contributed by atoms with van der Waals surface area (Å²) in [5.41, 5.74) is 9.95. The van der Waals surface area contributed by atoms with Crippen LogP contribution >= 0.6 is 0 Å². The van der Waals surface area contributed by atoms with Gasteiger partial charge in [-0.15, -0.1) is 0 Å². The van der Waals surface area contributed by atoms with Crippen molar-refractivity contribution in [2.75, 3.05) is 7.11 Å². The van der Waals surface area contributed by atoms with Crippen LogP contribution in [0.25, 0.3) is 11.0 Å². The fourth-order valence-corrected chi connectivity index (χ4v) is 1.68. The lowest BCUT2D eigenvalue weighted by Crippen LogP contribution is -2.23. The lowest BCUT2D eigenvalue weighted by molar-refractivity contribution is -0.142. The van der Waals surface area contributed by atoms with Gasteiger partial charge in [-0.05, 0) is 37.1 Å². The van der Waals surface area contributed by atoms with Crippen LogP contribution in [0.15, 0.2) is 18.3 Å². The smallest absolute Gasteiger partial charge is 0.328 e. The van der Waals surface area contributed by atoms with Gasteiger partial charge in [-0.1, -0.05) is 0 Å². The third-order valence-corrected chi connectivity index (χ3v) is 2.95. The highest BCUT2D eigenvalue weighted by molar-refractivity contribution is 5.79. The molecule has 0 amide bonds. The number of methoxy groups -OCH3 is 1. The Labute approximate surface area is 105 Å². The van der Waals surface area contributed by atoms with Crippen molar-refractivity contribution >= 4 is 17.0 Å². The number of hydrogen-bond acceptors (Lipinski definition) is 5. The van der Waals surface area contributed by atoms with Crippen molar-refractivity contribution in [3.8, 4) is 0 Å². The predicted octanol–water partition coefficient (Wildman–Crippen LogP) is 1.42. The summed E-state index contributed by atoms with van der Waals surface area (Å²) in [4.78, 5) is 20.0. The van der Waals surface area contributed by atoms with Crippen LogP contribution in [0.1, 0.15) is 22.9 Å². The molecule has 0 aliphatic carbocycles. The lowest BCUT2D eigenvalue weighted by atomic mass is 10.1. The Hall–Kier alpha value is -2.01. The molecule has 94 valence electrons. The second-order valence-electron chi connectivity index (χ2n) is 4.22. The van der Waals surface area contributed by atoms with Crippen molar-refractivity contribution in [3.63, 3.8) is 0 Å². The van der Waals surface area contributed by atoms with Gasteiger partial charge in [0.2, 0.25) is 0 Å². The fraction of sp³-hybridized carbons (Fsp3) is 0.308. The monoisotopic (exact) mass is 245 g/mol. The standard InChI is InChI=1S/C13H15N3O2/c1-7-4-9-10(5-8(7)2)16-11(6-15-9)12(14)13(17)18-3/h4-6,12H,14H2,1-3H3. The molecule has 2 aromatic rings. The van der Waals surface area contributed by atoms with Gasteiger partial charge in [0.25, 0.3) is 0 Å². The summed E-state index contributed by atoms with van der Waals surface area (Å²) >= 11 is 0. The minimum absolute atomic E-state index is 0.414. The Morgan fingerprint density at radius 1 is 1.28 bits per heavy atom. The van der Waals surface area contributed by atoms with E-state index in [4.69, 9.17) is 5.73 Å². The molecule has 5 nitrogen and oxygen atoms in total. The second kappa shape index (κ2) is 4.70. The summed E-state index contributed by atoms with van der Waals surface area (Å²) in [6.07, 6.45) is 1.51. The van der Waals surface area contributed by atoms with Crippen LogP contribution in [0.4, 0.5) is 0 Å². The highest BCUT2D eigenvalue weighted by Crippen LogP contribution is 2.18. The topological polar surface area (TPSA) is 78.1 Å². The van der Waals surface area contributed by atoms with Gasteiger partial charge >= 0.3 is 5.97 Å². The van der Waals surface area contributed by atoms with Gasteiger partial charge in [0, 0.05) is 0 Å². The van der Waals surface area contributed by atoms with Gasteiger partial charge < -0.3 is 10.5 Å². The molecule has 0 saturated heterocycles. The minimum atomic E-state index is -0.895. The maximum absolute atomic E-state index is 11.4. The van der Waals surface area contributed by atoms with Crippen LogP contribution in [0.2, 0.25) is 0 Å². The third kappa shape index (κ3) is 2.17. The first kappa shape index (κ1) is 12.4. The summed E-state index contributed by atoms with van der Waals surface area (Å²) in [5.74, 6) is -0.521. The van der Waals surface area contributed by atoms with Crippen LogP contribution in [0.3, 0.4) is 0 Å². The molecular formula is C13H15N3O2. The number of esters is 1. The molecule has 0 bridgehead atoms. The fourth-order valence-electron chi connectivity index (χ4n) is 1.68. The van der Waals surface area contributed by atoms with E-state index in [0.717, 1.165) is 22.2 Å². The third-order valence-electron chi connectivity index (χ3n) is 2.95. The highest BCUT2D eigenvalue weighted by Gasteiger charge is 2.18. The Kier molecular flexibility index (Phi) is 3.25. The molecule has 2 rings (SSSR count). The van der Waals surface area contributed by atoms with Gasteiger partial charge in [-0.3, -0.25) is 4.98 Å². The Morgan fingerprint density at radius 2 is 1.89 bits per heavy atom. The van der Waals surface area contributed by atoms with E-state index in [0.29, 0.717) is 5.69 Å².